The zero-order valence-electron chi connectivity index (χ0n) is 16.1. The number of halogens is 3. The number of carbonyl (C=O) groups excluding carboxylic acids is 1. The highest BCUT2D eigenvalue weighted by atomic mass is 32.2. The number of thioether (sulfide) groups is 1. The van der Waals surface area contributed by atoms with Crippen molar-refractivity contribution < 1.29 is 18.0 Å². The number of piperidine rings is 1. The van der Waals surface area contributed by atoms with E-state index in [1.54, 1.807) is 12.1 Å². The lowest BCUT2D eigenvalue weighted by molar-refractivity contribution is -0.142. The van der Waals surface area contributed by atoms with Crippen molar-refractivity contribution in [2.75, 3.05) is 12.3 Å². The molecule has 1 amide bonds. The number of hydrogen-bond acceptors (Lipinski definition) is 4. The van der Waals surface area contributed by atoms with Gasteiger partial charge in [0.1, 0.15) is 0 Å². The van der Waals surface area contributed by atoms with Gasteiger partial charge in [-0.15, -0.1) is 0 Å². The van der Waals surface area contributed by atoms with Crippen molar-refractivity contribution in [1.29, 1.82) is 0 Å². The van der Waals surface area contributed by atoms with Gasteiger partial charge >= 0.3 is 6.18 Å². The Labute approximate surface area is 171 Å². The Kier molecular flexibility index (Phi) is 5.55. The van der Waals surface area contributed by atoms with E-state index in [2.05, 4.69) is 9.97 Å². The molecule has 1 aliphatic carbocycles. The fourth-order valence-corrected chi connectivity index (χ4v) is 4.86. The molecule has 1 aliphatic heterocycles. The van der Waals surface area contributed by atoms with E-state index in [1.165, 1.54) is 0 Å². The molecule has 8 heteroatoms. The number of alkyl halides is 3. The fraction of sp³-hybridized carbons (Fsp3) is 0.476. The molecule has 0 N–H and O–H groups in total. The van der Waals surface area contributed by atoms with Crippen LogP contribution in [0.3, 0.4) is 0 Å². The summed E-state index contributed by atoms with van der Waals surface area (Å²) in [7, 11) is 0. The molecule has 1 unspecified atom stereocenters. The zero-order chi connectivity index (χ0) is 20.6. The molecule has 2 aliphatic rings. The monoisotopic (exact) mass is 421 g/mol. The number of amides is 1. The molecule has 4 rings (SSSR count). The van der Waals surface area contributed by atoms with Crippen LogP contribution in [0.1, 0.15) is 43.0 Å². The van der Waals surface area contributed by atoms with Gasteiger partial charge in [0.2, 0.25) is 5.91 Å². The van der Waals surface area contributed by atoms with Crippen LogP contribution in [0, 0.1) is 0 Å². The summed E-state index contributed by atoms with van der Waals surface area (Å²) in [6.45, 7) is 2.71. The van der Waals surface area contributed by atoms with Crippen LogP contribution in [-0.2, 0) is 23.8 Å². The highest BCUT2D eigenvalue weighted by Crippen LogP contribution is 2.40. The van der Waals surface area contributed by atoms with E-state index in [0.29, 0.717) is 18.7 Å². The molecule has 1 aromatic heterocycles. The van der Waals surface area contributed by atoms with Gasteiger partial charge in [-0.25, -0.2) is 9.97 Å². The fourth-order valence-electron chi connectivity index (χ4n) is 4.13. The third-order valence-corrected chi connectivity index (χ3v) is 6.45. The van der Waals surface area contributed by atoms with Gasteiger partial charge < -0.3 is 4.90 Å². The molecule has 0 saturated carbocycles. The molecule has 1 fully saturated rings. The second-order valence-electron chi connectivity index (χ2n) is 7.56. The first-order valence-corrected chi connectivity index (χ1v) is 10.8. The number of benzene rings is 1. The molecular formula is C21H22F3N3OS. The van der Waals surface area contributed by atoms with Crippen LogP contribution < -0.4 is 0 Å². The van der Waals surface area contributed by atoms with Gasteiger partial charge in [-0.1, -0.05) is 36.0 Å². The first-order chi connectivity index (χ1) is 13.8. The summed E-state index contributed by atoms with van der Waals surface area (Å²) in [6, 6.07) is 7.57. The predicted octanol–water partition coefficient (Wildman–Crippen LogP) is 4.75. The lowest BCUT2D eigenvalue weighted by Crippen LogP contribution is -2.43. The van der Waals surface area contributed by atoms with Gasteiger partial charge in [-0.05, 0) is 44.6 Å². The normalized spacial score (nSPS) is 18.9. The average Bonchev–Trinajstić information content (AvgIpc) is 2.71. The molecule has 4 nitrogen and oxygen atoms in total. The first-order valence-electron chi connectivity index (χ1n) is 9.83. The van der Waals surface area contributed by atoms with Gasteiger partial charge in [0, 0.05) is 23.7 Å². The Balaban J connectivity index is 1.64. The maximum Gasteiger partial charge on any atom is 0.433 e. The molecule has 0 spiro atoms. The number of nitrogens with zero attached hydrogens (tertiary/aromatic N) is 3. The van der Waals surface area contributed by atoms with Crippen LogP contribution in [-0.4, -0.2) is 39.1 Å². The summed E-state index contributed by atoms with van der Waals surface area (Å²) < 4.78 is 41.1. The highest BCUT2D eigenvalue weighted by Gasteiger charge is 2.39. The Morgan fingerprint density at radius 2 is 2.00 bits per heavy atom. The largest absolute Gasteiger partial charge is 0.433 e. The minimum Gasteiger partial charge on any atom is -0.339 e. The van der Waals surface area contributed by atoms with Crippen molar-refractivity contribution >= 4 is 17.7 Å². The van der Waals surface area contributed by atoms with Crippen LogP contribution in [0.2, 0.25) is 0 Å². The predicted molar refractivity (Wildman–Crippen MR) is 106 cm³/mol. The van der Waals surface area contributed by atoms with Gasteiger partial charge in [0.25, 0.3) is 0 Å². The minimum atomic E-state index is -4.56. The molecular weight excluding hydrogens is 399 g/mol. The van der Waals surface area contributed by atoms with E-state index >= 15 is 0 Å². The molecule has 2 aromatic rings. The Morgan fingerprint density at radius 3 is 2.76 bits per heavy atom. The summed E-state index contributed by atoms with van der Waals surface area (Å²) in [5.74, 6) is -0.0281. The van der Waals surface area contributed by atoms with E-state index in [9.17, 15) is 18.0 Å². The molecule has 0 bridgehead atoms. The van der Waals surface area contributed by atoms with E-state index in [4.69, 9.17) is 0 Å². The zero-order valence-corrected chi connectivity index (χ0v) is 16.9. The van der Waals surface area contributed by atoms with E-state index in [-0.39, 0.29) is 34.8 Å². The smallest absolute Gasteiger partial charge is 0.339 e. The van der Waals surface area contributed by atoms with Gasteiger partial charge in [-0.2, -0.15) is 13.2 Å². The SMILES string of the molecule is CC1CCCCN1C(=O)CSc1nc2c(c(C(F)(F)F)n1)CCc1ccccc1-2. The first kappa shape index (κ1) is 20.2. The summed E-state index contributed by atoms with van der Waals surface area (Å²) in [6.07, 6.45) is -0.740. The molecule has 29 heavy (non-hydrogen) atoms. The number of carbonyl (C=O) groups is 1. The van der Waals surface area contributed by atoms with E-state index in [0.717, 1.165) is 42.2 Å². The third-order valence-electron chi connectivity index (χ3n) is 5.62. The van der Waals surface area contributed by atoms with Crippen LogP contribution in [0.15, 0.2) is 29.4 Å². The number of likely N-dealkylation sites (tertiary alicyclic amines) is 1. The van der Waals surface area contributed by atoms with Crippen molar-refractivity contribution in [2.45, 2.75) is 56.4 Å². The van der Waals surface area contributed by atoms with Crippen LogP contribution >= 0.6 is 11.8 Å². The van der Waals surface area contributed by atoms with Crippen molar-refractivity contribution in [3.8, 4) is 11.3 Å². The number of hydrogen-bond donors (Lipinski definition) is 0. The summed E-state index contributed by atoms with van der Waals surface area (Å²) in [5, 5.41) is 0.00536. The second kappa shape index (κ2) is 7.97. The maximum atomic E-state index is 13.7. The van der Waals surface area contributed by atoms with Gasteiger partial charge in [0.05, 0.1) is 11.4 Å². The van der Waals surface area contributed by atoms with Gasteiger partial charge in [0.15, 0.2) is 10.9 Å². The molecule has 0 radical (unpaired) electrons. The van der Waals surface area contributed by atoms with E-state index in [1.807, 2.05) is 24.0 Å². The topological polar surface area (TPSA) is 46.1 Å². The lowest BCUT2D eigenvalue weighted by atomic mass is 9.88. The quantitative estimate of drug-likeness (QED) is 0.530. The summed E-state index contributed by atoms with van der Waals surface area (Å²) in [4.78, 5) is 22.7. The molecule has 1 aromatic carbocycles. The Bertz CT molecular complexity index is 932. The highest BCUT2D eigenvalue weighted by molar-refractivity contribution is 7.99. The maximum absolute atomic E-state index is 13.7. The summed E-state index contributed by atoms with van der Waals surface area (Å²) in [5.41, 5.74) is 1.32. The standard InChI is InChI=1S/C21H22F3N3OS/c1-13-6-4-5-11-27(13)17(28)12-29-20-25-18-15-8-3-2-7-14(15)9-10-16(18)19(26-20)21(22,23)24/h2-3,7-8,13H,4-6,9-12H2,1H3. The summed E-state index contributed by atoms with van der Waals surface area (Å²) >= 11 is 0.989. The van der Waals surface area contributed by atoms with Crippen molar-refractivity contribution in [2.24, 2.45) is 0 Å². The van der Waals surface area contributed by atoms with Crippen LogP contribution in [0.5, 0.6) is 0 Å². The van der Waals surface area contributed by atoms with Crippen molar-refractivity contribution in [3.63, 3.8) is 0 Å². The van der Waals surface area contributed by atoms with Gasteiger partial charge in [-0.3, -0.25) is 4.79 Å². The minimum absolute atomic E-state index is 0.00536. The van der Waals surface area contributed by atoms with Crippen LogP contribution in [0.4, 0.5) is 13.2 Å². The second-order valence-corrected chi connectivity index (χ2v) is 8.50. The average molecular weight is 421 g/mol. The number of fused-ring (bicyclic) bond motifs is 3. The van der Waals surface area contributed by atoms with Crippen molar-refractivity contribution in [3.05, 3.63) is 41.1 Å². The molecule has 1 saturated heterocycles. The number of rotatable bonds is 3. The third kappa shape index (κ3) is 4.13. The van der Waals surface area contributed by atoms with Crippen LogP contribution in [0.25, 0.3) is 11.3 Å². The lowest BCUT2D eigenvalue weighted by Gasteiger charge is -2.33. The Morgan fingerprint density at radius 1 is 1.21 bits per heavy atom. The number of aromatic nitrogens is 2. The molecule has 1 atom stereocenters. The molecule has 2 heterocycles. The molecule has 154 valence electrons. The Hall–Kier alpha value is -2.09. The number of aryl methyl sites for hydroxylation is 1. The van der Waals surface area contributed by atoms with Crippen molar-refractivity contribution in [1.82, 2.24) is 14.9 Å². The van der Waals surface area contributed by atoms with E-state index < -0.39 is 11.9 Å².